The maximum Gasteiger partial charge on any atom is 0.170 e. The lowest BCUT2D eigenvalue weighted by Crippen LogP contribution is -2.35. The lowest BCUT2D eigenvalue weighted by atomic mass is 9.82. The quantitative estimate of drug-likeness (QED) is 0.553. The Balaban J connectivity index is 1.89. The van der Waals surface area contributed by atoms with Crippen LogP contribution in [0.2, 0.25) is 10.2 Å². The van der Waals surface area contributed by atoms with Crippen molar-refractivity contribution in [2.45, 2.75) is 32.4 Å². The van der Waals surface area contributed by atoms with Crippen molar-refractivity contribution in [2.75, 3.05) is 0 Å². The van der Waals surface area contributed by atoms with E-state index in [1.807, 2.05) is 19.1 Å². The fraction of sp³-hybridized carbons (Fsp3) is 0.300. The second-order valence-electron chi connectivity index (χ2n) is 7.10. The van der Waals surface area contributed by atoms with Gasteiger partial charge in [0.1, 0.15) is 16.5 Å². The summed E-state index contributed by atoms with van der Waals surface area (Å²) in [7, 11) is 0. The second-order valence-corrected chi connectivity index (χ2v) is 8.67. The Labute approximate surface area is 172 Å². The van der Waals surface area contributed by atoms with Crippen molar-refractivity contribution in [1.82, 2.24) is 9.88 Å². The van der Waals surface area contributed by atoms with Gasteiger partial charge in [-0.1, -0.05) is 49.2 Å². The minimum atomic E-state index is -0.650. The van der Waals surface area contributed by atoms with Gasteiger partial charge in [0, 0.05) is 17.5 Å². The molecule has 2 aromatic rings. The molecule has 0 N–H and O–H groups in total. The molecular formula is C20H17Cl2FN3S. The van der Waals surface area contributed by atoms with Gasteiger partial charge < -0.3 is 4.90 Å². The molecule has 0 saturated heterocycles. The molecule has 2 aliphatic rings. The molecule has 2 atom stereocenters. The molecule has 0 aliphatic carbocycles. The lowest BCUT2D eigenvalue weighted by Gasteiger charge is -2.36. The first-order valence-electron chi connectivity index (χ1n) is 8.57. The number of thioether (sulfide) groups is 1. The molecule has 0 fully saturated rings. The normalized spacial score (nSPS) is 24.3. The van der Waals surface area contributed by atoms with Crippen LogP contribution in [0.1, 0.15) is 37.9 Å². The first kappa shape index (κ1) is 18.8. The highest BCUT2D eigenvalue weighted by molar-refractivity contribution is 8.15. The molecule has 27 heavy (non-hydrogen) atoms. The number of rotatable bonds is 3. The summed E-state index contributed by atoms with van der Waals surface area (Å²) < 4.78 is 14.3. The standard InChI is InChI=1S/C20H17Cl2FN3S/c1-11(2)16-10-27-19-25-20(3,13-5-7-17(22)24-9-13)18(26(16)19)12-4-6-14(21)15(23)8-12/h4-9,11,18H,1-3H3/t18-,20+/m1/s1. The Kier molecular flexibility index (Phi) is 4.73. The number of hydrogen-bond donors (Lipinski definition) is 0. The summed E-state index contributed by atoms with van der Waals surface area (Å²) in [6.45, 7) is 6.27. The number of pyridine rings is 1. The second kappa shape index (κ2) is 6.80. The van der Waals surface area contributed by atoms with E-state index < -0.39 is 11.4 Å². The van der Waals surface area contributed by atoms with Crippen LogP contribution in [0.25, 0.3) is 0 Å². The third kappa shape index (κ3) is 3.06. The number of nitrogens with zero attached hydrogens (tertiary/aromatic N) is 3. The molecule has 139 valence electrons. The monoisotopic (exact) mass is 420 g/mol. The molecule has 1 radical (unpaired) electrons. The molecule has 1 aromatic heterocycles. The minimum absolute atomic E-state index is 0.106. The summed E-state index contributed by atoms with van der Waals surface area (Å²) >= 11 is 13.4. The van der Waals surface area contributed by atoms with Crippen molar-refractivity contribution in [3.8, 4) is 0 Å². The Bertz CT molecular complexity index is 958. The lowest BCUT2D eigenvalue weighted by molar-refractivity contribution is 0.272. The van der Waals surface area contributed by atoms with Gasteiger partial charge in [0.2, 0.25) is 0 Å². The van der Waals surface area contributed by atoms with Crippen LogP contribution in [0.15, 0.2) is 47.2 Å². The third-order valence-electron chi connectivity index (χ3n) is 4.95. The van der Waals surface area contributed by atoms with E-state index in [2.05, 4.69) is 29.1 Å². The molecule has 0 saturated carbocycles. The van der Waals surface area contributed by atoms with E-state index in [9.17, 15) is 4.39 Å². The van der Waals surface area contributed by atoms with Gasteiger partial charge in [0.15, 0.2) is 5.17 Å². The van der Waals surface area contributed by atoms with Gasteiger partial charge in [-0.05, 0) is 48.4 Å². The van der Waals surface area contributed by atoms with Crippen LogP contribution in [0.5, 0.6) is 0 Å². The summed E-state index contributed by atoms with van der Waals surface area (Å²) in [5.74, 6) is -0.180. The van der Waals surface area contributed by atoms with E-state index in [-0.39, 0.29) is 17.0 Å². The van der Waals surface area contributed by atoms with Crippen LogP contribution >= 0.6 is 35.0 Å². The Morgan fingerprint density at radius 1 is 1.26 bits per heavy atom. The Morgan fingerprint density at radius 2 is 2.04 bits per heavy atom. The molecule has 0 amide bonds. The molecule has 0 unspecified atom stereocenters. The molecule has 2 aliphatic heterocycles. The maximum absolute atomic E-state index is 14.3. The van der Waals surface area contributed by atoms with E-state index in [4.69, 9.17) is 28.2 Å². The van der Waals surface area contributed by atoms with E-state index in [0.717, 1.165) is 22.0 Å². The van der Waals surface area contributed by atoms with Crippen LogP contribution in [0, 0.1) is 17.1 Å². The predicted octanol–water partition coefficient (Wildman–Crippen LogP) is 6.20. The van der Waals surface area contributed by atoms with Crippen LogP contribution < -0.4 is 0 Å². The Hall–Kier alpha value is -1.56. The zero-order valence-corrected chi connectivity index (χ0v) is 17.3. The zero-order valence-electron chi connectivity index (χ0n) is 15.0. The zero-order chi connectivity index (χ0) is 19.3. The van der Waals surface area contributed by atoms with Gasteiger partial charge in [0.25, 0.3) is 0 Å². The number of allylic oxidation sites excluding steroid dienone is 1. The summed E-state index contributed by atoms with van der Waals surface area (Å²) in [5.41, 5.74) is 2.11. The van der Waals surface area contributed by atoms with Gasteiger partial charge in [-0.2, -0.15) is 0 Å². The topological polar surface area (TPSA) is 28.5 Å². The number of aliphatic imine (C=N–C) groups is 1. The number of fused-ring (bicyclic) bond motifs is 1. The fourth-order valence-corrected chi connectivity index (χ4v) is 4.88. The Morgan fingerprint density at radius 3 is 2.67 bits per heavy atom. The van der Waals surface area contributed by atoms with E-state index in [1.165, 1.54) is 17.8 Å². The van der Waals surface area contributed by atoms with Crippen LogP contribution in [-0.4, -0.2) is 15.1 Å². The highest BCUT2D eigenvalue weighted by atomic mass is 35.5. The molecule has 3 nitrogen and oxygen atoms in total. The average molecular weight is 421 g/mol. The smallest absolute Gasteiger partial charge is 0.170 e. The minimum Gasteiger partial charge on any atom is -0.313 e. The molecule has 0 bridgehead atoms. The van der Waals surface area contributed by atoms with Crippen molar-refractivity contribution in [1.29, 1.82) is 0 Å². The van der Waals surface area contributed by atoms with Crippen LogP contribution in [0.4, 0.5) is 4.39 Å². The van der Waals surface area contributed by atoms with E-state index in [0.29, 0.717) is 5.15 Å². The first-order valence-corrected chi connectivity index (χ1v) is 10.1. The maximum atomic E-state index is 14.3. The molecule has 4 rings (SSSR count). The van der Waals surface area contributed by atoms with Crippen molar-refractivity contribution >= 4 is 40.1 Å². The van der Waals surface area contributed by atoms with Crippen molar-refractivity contribution in [3.63, 3.8) is 0 Å². The molecule has 1 aromatic carbocycles. The number of halogens is 3. The summed E-state index contributed by atoms with van der Waals surface area (Å²) in [6.07, 6.45) is 1.74. The van der Waals surface area contributed by atoms with Gasteiger partial charge in [-0.15, -0.1) is 0 Å². The average Bonchev–Trinajstić information content (AvgIpc) is 3.14. The SMILES string of the molecule is CC(C)C1=[C]SC2=N[C@@](C)(c3ccc(Cl)nc3)[C@@H](c3ccc(Cl)c(F)c3)N12. The van der Waals surface area contributed by atoms with E-state index >= 15 is 0 Å². The van der Waals surface area contributed by atoms with Crippen LogP contribution in [0.3, 0.4) is 0 Å². The van der Waals surface area contributed by atoms with Crippen molar-refractivity contribution < 1.29 is 4.39 Å². The van der Waals surface area contributed by atoms with Gasteiger partial charge in [-0.25, -0.2) is 14.4 Å². The number of aromatic nitrogens is 1. The number of amidine groups is 1. The summed E-state index contributed by atoms with van der Waals surface area (Å²) in [4.78, 5) is 11.4. The molecule has 7 heteroatoms. The molecular weight excluding hydrogens is 404 g/mol. The number of hydrogen-bond acceptors (Lipinski definition) is 4. The van der Waals surface area contributed by atoms with Gasteiger partial charge in [-0.3, -0.25) is 0 Å². The first-order chi connectivity index (χ1) is 12.8. The predicted molar refractivity (Wildman–Crippen MR) is 109 cm³/mol. The molecule has 0 spiro atoms. The van der Waals surface area contributed by atoms with Crippen molar-refractivity contribution in [2.24, 2.45) is 10.9 Å². The fourth-order valence-electron chi connectivity index (χ4n) is 3.59. The largest absolute Gasteiger partial charge is 0.313 e. The summed E-state index contributed by atoms with van der Waals surface area (Å²) in [5, 5.41) is 4.74. The molecule has 3 heterocycles. The summed E-state index contributed by atoms with van der Waals surface area (Å²) in [6, 6.07) is 8.39. The van der Waals surface area contributed by atoms with Gasteiger partial charge in [0.05, 0.1) is 16.5 Å². The van der Waals surface area contributed by atoms with E-state index in [1.54, 1.807) is 18.3 Å². The third-order valence-corrected chi connectivity index (χ3v) is 6.26. The van der Waals surface area contributed by atoms with Gasteiger partial charge >= 0.3 is 0 Å². The number of benzene rings is 1. The highest BCUT2D eigenvalue weighted by Crippen LogP contribution is 2.53. The highest BCUT2D eigenvalue weighted by Gasteiger charge is 2.51. The van der Waals surface area contributed by atoms with Crippen LogP contribution in [-0.2, 0) is 5.54 Å². The van der Waals surface area contributed by atoms with Crippen molar-refractivity contribution in [3.05, 3.63) is 74.8 Å².